The summed E-state index contributed by atoms with van der Waals surface area (Å²) in [4.78, 5) is 14.7. The number of likely N-dealkylation sites (tertiary alicyclic amines) is 1. The van der Waals surface area contributed by atoms with Gasteiger partial charge >= 0.3 is 0 Å². The maximum absolute atomic E-state index is 12.7. The minimum Gasteiger partial charge on any atom is -0.466 e. The van der Waals surface area contributed by atoms with Crippen LogP contribution in [-0.2, 0) is 0 Å². The Kier molecular flexibility index (Phi) is 3.59. The smallest absolute Gasteiger partial charge is 0.257 e. The average Bonchev–Trinajstić information content (AvgIpc) is 2.78. The molecule has 1 aromatic rings. The van der Waals surface area contributed by atoms with E-state index >= 15 is 0 Å². The molecule has 110 valence electrons. The molecule has 4 nitrogen and oxygen atoms in total. The first-order valence-electron chi connectivity index (χ1n) is 7.67. The van der Waals surface area contributed by atoms with Gasteiger partial charge in [0.05, 0.1) is 5.56 Å². The molecule has 1 N–H and O–H groups in total. The van der Waals surface area contributed by atoms with E-state index in [-0.39, 0.29) is 5.91 Å². The van der Waals surface area contributed by atoms with Gasteiger partial charge in [-0.05, 0) is 52.1 Å². The van der Waals surface area contributed by atoms with Crippen LogP contribution in [0, 0.1) is 19.3 Å². The maximum atomic E-state index is 12.7. The van der Waals surface area contributed by atoms with E-state index in [4.69, 9.17) is 4.42 Å². The molecule has 1 spiro atoms. The van der Waals surface area contributed by atoms with Crippen molar-refractivity contribution in [2.24, 2.45) is 5.41 Å². The first kappa shape index (κ1) is 13.7. The highest BCUT2D eigenvalue weighted by Crippen LogP contribution is 2.36. The Labute approximate surface area is 120 Å². The standard InChI is InChI=1S/C16H24N2O2/c1-12-9-14(13(2)20-12)15(19)18-8-4-6-16(11-18)5-3-7-17-10-16/h9,17H,3-8,10-11H2,1-2H3. The van der Waals surface area contributed by atoms with Crippen LogP contribution in [-0.4, -0.2) is 37.0 Å². The molecule has 0 saturated carbocycles. The summed E-state index contributed by atoms with van der Waals surface area (Å²) in [7, 11) is 0. The van der Waals surface area contributed by atoms with E-state index in [0.29, 0.717) is 5.41 Å². The predicted octanol–water partition coefficient (Wildman–Crippen LogP) is 2.50. The largest absolute Gasteiger partial charge is 0.466 e. The van der Waals surface area contributed by atoms with E-state index in [9.17, 15) is 4.79 Å². The second-order valence-corrected chi connectivity index (χ2v) is 6.44. The number of carbonyl (C=O) groups is 1. The number of rotatable bonds is 1. The Morgan fingerprint density at radius 2 is 2.15 bits per heavy atom. The lowest BCUT2D eigenvalue weighted by Crippen LogP contribution is -2.52. The van der Waals surface area contributed by atoms with Crippen LogP contribution >= 0.6 is 0 Å². The van der Waals surface area contributed by atoms with Crippen molar-refractivity contribution in [1.29, 1.82) is 0 Å². The van der Waals surface area contributed by atoms with Crippen molar-refractivity contribution >= 4 is 5.91 Å². The Bertz CT molecular complexity index is 495. The summed E-state index contributed by atoms with van der Waals surface area (Å²) >= 11 is 0. The topological polar surface area (TPSA) is 45.5 Å². The zero-order valence-corrected chi connectivity index (χ0v) is 12.5. The number of piperidine rings is 2. The molecule has 2 fully saturated rings. The summed E-state index contributed by atoms with van der Waals surface area (Å²) in [6.07, 6.45) is 4.83. The second kappa shape index (κ2) is 5.24. The lowest BCUT2D eigenvalue weighted by molar-refractivity contribution is 0.0432. The third-order valence-corrected chi connectivity index (χ3v) is 4.78. The molecule has 1 aromatic heterocycles. The third kappa shape index (κ3) is 2.49. The highest BCUT2D eigenvalue weighted by Gasteiger charge is 2.38. The Hall–Kier alpha value is -1.29. The van der Waals surface area contributed by atoms with Crippen LogP contribution in [0.1, 0.15) is 47.6 Å². The fourth-order valence-corrected chi connectivity index (χ4v) is 3.77. The summed E-state index contributed by atoms with van der Waals surface area (Å²) in [5.41, 5.74) is 1.04. The molecule has 3 rings (SSSR count). The molecule has 2 aliphatic heterocycles. The molecule has 2 saturated heterocycles. The van der Waals surface area contributed by atoms with Crippen LogP contribution < -0.4 is 5.32 Å². The highest BCUT2D eigenvalue weighted by molar-refractivity contribution is 5.95. The molecule has 0 bridgehead atoms. The molecular weight excluding hydrogens is 252 g/mol. The van der Waals surface area contributed by atoms with Crippen LogP contribution in [0.25, 0.3) is 0 Å². The van der Waals surface area contributed by atoms with Crippen LogP contribution in [0.15, 0.2) is 10.5 Å². The molecule has 0 radical (unpaired) electrons. The average molecular weight is 276 g/mol. The van der Waals surface area contributed by atoms with Gasteiger partial charge < -0.3 is 14.6 Å². The van der Waals surface area contributed by atoms with Crippen LogP contribution in [0.4, 0.5) is 0 Å². The van der Waals surface area contributed by atoms with Gasteiger partial charge in [-0.25, -0.2) is 0 Å². The third-order valence-electron chi connectivity index (χ3n) is 4.78. The van der Waals surface area contributed by atoms with E-state index in [2.05, 4.69) is 5.32 Å². The van der Waals surface area contributed by atoms with E-state index in [0.717, 1.165) is 49.7 Å². The van der Waals surface area contributed by atoms with Gasteiger partial charge in [-0.1, -0.05) is 0 Å². The zero-order valence-electron chi connectivity index (χ0n) is 12.5. The van der Waals surface area contributed by atoms with Crippen molar-refractivity contribution in [2.45, 2.75) is 39.5 Å². The van der Waals surface area contributed by atoms with Gasteiger partial charge in [0.15, 0.2) is 0 Å². The SMILES string of the molecule is Cc1cc(C(=O)N2CCCC3(CCCNC3)C2)c(C)o1. The van der Waals surface area contributed by atoms with Gasteiger partial charge in [0, 0.05) is 25.0 Å². The highest BCUT2D eigenvalue weighted by atomic mass is 16.3. The fourth-order valence-electron chi connectivity index (χ4n) is 3.77. The lowest BCUT2D eigenvalue weighted by Gasteiger charge is -2.45. The summed E-state index contributed by atoms with van der Waals surface area (Å²) < 4.78 is 5.50. The first-order chi connectivity index (χ1) is 9.60. The van der Waals surface area contributed by atoms with Crippen LogP contribution in [0.2, 0.25) is 0 Å². The van der Waals surface area contributed by atoms with Crippen molar-refractivity contribution in [3.8, 4) is 0 Å². The Morgan fingerprint density at radius 3 is 2.80 bits per heavy atom. The molecule has 1 amide bonds. The molecule has 3 heterocycles. The number of nitrogens with one attached hydrogen (secondary N) is 1. The molecule has 1 atom stereocenters. The quantitative estimate of drug-likeness (QED) is 0.857. The Balaban J connectivity index is 1.76. The van der Waals surface area contributed by atoms with Gasteiger partial charge in [-0.3, -0.25) is 4.79 Å². The molecular formula is C16H24N2O2. The number of amides is 1. The van der Waals surface area contributed by atoms with Crippen LogP contribution in [0.3, 0.4) is 0 Å². The van der Waals surface area contributed by atoms with Crippen molar-refractivity contribution in [3.05, 3.63) is 23.2 Å². The first-order valence-corrected chi connectivity index (χ1v) is 7.67. The van der Waals surface area contributed by atoms with Gasteiger partial charge in [-0.15, -0.1) is 0 Å². The van der Waals surface area contributed by atoms with Crippen molar-refractivity contribution in [2.75, 3.05) is 26.2 Å². The van der Waals surface area contributed by atoms with Crippen molar-refractivity contribution in [3.63, 3.8) is 0 Å². The zero-order chi connectivity index (χ0) is 14.2. The predicted molar refractivity (Wildman–Crippen MR) is 77.9 cm³/mol. The molecule has 20 heavy (non-hydrogen) atoms. The summed E-state index contributed by atoms with van der Waals surface area (Å²) in [6, 6.07) is 1.87. The summed E-state index contributed by atoms with van der Waals surface area (Å²) in [6.45, 7) is 7.72. The second-order valence-electron chi connectivity index (χ2n) is 6.44. The normalized spacial score (nSPS) is 27.0. The number of hydrogen-bond acceptors (Lipinski definition) is 3. The molecule has 4 heteroatoms. The number of aryl methyl sites for hydroxylation is 2. The van der Waals surface area contributed by atoms with Gasteiger partial charge in [0.2, 0.25) is 0 Å². The van der Waals surface area contributed by atoms with Gasteiger partial charge in [0.1, 0.15) is 11.5 Å². The van der Waals surface area contributed by atoms with Gasteiger partial charge in [0.25, 0.3) is 5.91 Å². The fraction of sp³-hybridized carbons (Fsp3) is 0.688. The molecule has 0 aromatic carbocycles. The van der Waals surface area contributed by atoms with E-state index in [1.54, 1.807) is 0 Å². The lowest BCUT2D eigenvalue weighted by atomic mass is 9.74. The monoisotopic (exact) mass is 276 g/mol. The maximum Gasteiger partial charge on any atom is 0.257 e. The minimum atomic E-state index is 0.143. The van der Waals surface area contributed by atoms with E-state index in [1.807, 2.05) is 24.8 Å². The number of nitrogens with zero attached hydrogens (tertiary/aromatic N) is 1. The molecule has 1 unspecified atom stereocenters. The van der Waals surface area contributed by atoms with Gasteiger partial charge in [-0.2, -0.15) is 0 Å². The minimum absolute atomic E-state index is 0.143. The van der Waals surface area contributed by atoms with Crippen molar-refractivity contribution < 1.29 is 9.21 Å². The van der Waals surface area contributed by atoms with E-state index < -0.39 is 0 Å². The number of carbonyl (C=O) groups excluding carboxylic acids is 1. The van der Waals surface area contributed by atoms with Crippen molar-refractivity contribution in [1.82, 2.24) is 10.2 Å². The summed E-state index contributed by atoms with van der Waals surface area (Å²) in [5.74, 6) is 1.70. The van der Waals surface area contributed by atoms with E-state index in [1.165, 1.54) is 19.3 Å². The molecule has 0 aliphatic carbocycles. The number of furan rings is 1. The number of hydrogen-bond donors (Lipinski definition) is 1. The Morgan fingerprint density at radius 1 is 1.35 bits per heavy atom. The van der Waals surface area contributed by atoms with Crippen LogP contribution in [0.5, 0.6) is 0 Å². The summed E-state index contributed by atoms with van der Waals surface area (Å²) in [5, 5.41) is 3.50. The molecule has 2 aliphatic rings.